The highest BCUT2D eigenvalue weighted by atomic mass is 127. The largest absolute Gasteiger partial charge is 0.371 e. The molecule has 1 fully saturated rings. The average Bonchev–Trinajstić information content (AvgIpc) is 3.28. The first-order valence-electron chi connectivity index (χ1n) is 8.90. The molecule has 0 aliphatic carbocycles. The molecule has 2 N–H and O–H groups in total. The summed E-state index contributed by atoms with van der Waals surface area (Å²) in [5.74, 6) is 1.53. The Morgan fingerprint density at radius 2 is 2.12 bits per heavy atom. The maximum absolute atomic E-state index is 4.49. The predicted octanol–water partition coefficient (Wildman–Crippen LogP) is 3.30. The first kappa shape index (κ1) is 21.0. The van der Waals surface area contributed by atoms with E-state index >= 15 is 0 Å². The molecule has 0 bridgehead atoms. The molecule has 1 unspecified atom stereocenters. The smallest absolute Gasteiger partial charge is 0.190 e. The fraction of sp³-hybridized carbons (Fsp3) is 0.474. The van der Waals surface area contributed by atoms with Crippen LogP contribution in [-0.2, 0) is 6.42 Å². The lowest BCUT2D eigenvalue weighted by Gasteiger charge is -2.19. The summed E-state index contributed by atoms with van der Waals surface area (Å²) in [5.41, 5.74) is 2.48. The maximum Gasteiger partial charge on any atom is 0.190 e. The number of hydrogen-bond acceptors (Lipinski definition) is 4. The highest BCUT2D eigenvalue weighted by Gasteiger charge is 2.22. The van der Waals surface area contributed by atoms with Gasteiger partial charge in [0.2, 0.25) is 0 Å². The normalized spacial score (nSPS) is 17.1. The van der Waals surface area contributed by atoms with Gasteiger partial charge in [0.05, 0.1) is 10.7 Å². The summed E-state index contributed by atoms with van der Waals surface area (Å²) in [6, 6.07) is 10.7. The Bertz CT molecular complexity index is 688. The number of halogens is 1. The summed E-state index contributed by atoms with van der Waals surface area (Å²) in [6.45, 7) is 6.09. The zero-order chi connectivity index (χ0) is 17.5. The van der Waals surface area contributed by atoms with Crippen LogP contribution < -0.4 is 15.5 Å². The lowest BCUT2D eigenvalue weighted by molar-refractivity contribution is 0.565. The molecule has 1 aliphatic rings. The lowest BCUT2D eigenvalue weighted by Crippen LogP contribution is -2.41. The van der Waals surface area contributed by atoms with Crippen molar-refractivity contribution < 1.29 is 0 Å². The number of aromatic nitrogens is 1. The van der Waals surface area contributed by atoms with Crippen molar-refractivity contribution in [3.8, 4) is 0 Å². The molecule has 0 radical (unpaired) electrons. The van der Waals surface area contributed by atoms with E-state index in [0.29, 0.717) is 5.92 Å². The SMILES string of the molecule is CN=C(NCCc1csc(C)n1)NCC1CCN(c2ccccc2)C1.I. The minimum absolute atomic E-state index is 0. The molecule has 1 aromatic carbocycles. The van der Waals surface area contributed by atoms with Gasteiger partial charge in [0.25, 0.3) is 0 Å². The van der Waals surface area contributed by atoms with Crippen LogP contribution in [0.4, 0.5) is 5.69 Å². The highest BCUT2D eigenvalue weighted by Crippen LogP contribution is 2.22. The topological polar surface area (TPSA) is 52.6 Å². The van der Waals surface area contributed by atoms with Gasteiger partial charge in [0, 0.05) is 50.7 Å². The Morgan fingerprint density at radius 1 is 1.31 bits per heavy atom. The molecule has 7 heteroatoms. The number of aryl methyl sites for hydroxylation is 1. The third-order valence-corrected chi connectivity index (χ3v) is 5.35. The third kappa shape index (κ3) is 6.12. The van der Waals surface area contributed by atoms with E-state index in [4.69, 9.17) is 0 Å². The average molecular weight is 485 g/mol. The van der Waals surface area contributed by atoms with Crippen LogP contribution in [-0.4, -0.2) is 44.2 Å². The van der Waals surface area contributed by atoms with Crippen LogP contribution in [0.1, 0.15) is 17.1 Å². The number of hydrogen-bond donors (Lipinski definition) is 2. The first-order chi connectivity index (χ1) is 12.2. The van der Waals surface area contributed by atoms with E-state index in [0.717, 1.165) is 49.3 Å². The molecule has 1 saturated heterocycles. The molecule has 1 aromatic heterocycles. The Morgan fingerprint density at radius 3 is 2.81 bits per heavy atom. The number of rotatable bonds is 6. The van der Waals surface area contributed by atoms with E-state index in [1.165, 1.54) is 12.1 Å². The fourth-order valence-corrected chi connectivity index (χ4v) is 3.81. The number of thiazole rings is 1. The summed E-state index contributed by atoms with van der Waals surface area (Å²) in [7, 11) is 1.83. The molecule has 0 spiro atoms. The predicted molar refractivity (Wildman–Crippen MR) is 122 cm³/mol. The molecule has 1 atom stereocenters. The Kier molecular flexibility index (Phi) is 8.64. The summed E-state index contributed by atoms with van der Waals surface area (Å²) in [4.78, 5) is 11.3. The van der Waals surface area contributed by atoms with Crippen molar-refractivity contribution in [2.75, 3.05) is 38.1 Å². The van der Waals surface area contributed by atoms with Crippen molar-refractivity contribution in [2.24, 2.45) is 10.9 Å². The second kappa shape index (κ2) is 10.7. The minimum Gasteiger partial charge on any atom is -0.371 e. The van der Waals surface area contributed by atoms with Crippen LogP contribution in [0.15, 0.2) is 40.7 Å². The van der Waals surface area contributed by atoms with Gasteiger partial charge in [-0.05, 0) is 31.4 Å². The van der Waals surface area contributed by atoms with Crippen molar-refractivity contribution in [1.82, 2.24) is 15.6 Å². The number of benzene rings is 1. The summed E-state index contributed by atoms with van der Waals surface area (Å²) in [6.07, 6.45) is 2.15. The van der Waals surface area contributed by atoms with Crippen LogP contribution in [0.5, 0.6) is 0 Å². The molecular weight excluding hydrogens is 457 g/mol. The monoisotopic (exact) mass is 485 g/mol. The third-order valence-electron chi connectivity index (χ3n) is 4.53. The molecule has 26 heavy (non-hydrogen) atoms. The standard InChI is InChI=1S/C19H27N5S.HI/c1-15-23-17(14-25-15)8-10-21-19(20-2)22-12-16-9-11-24(13-16)18-6-4-3-5-7-18;/h3-7,14,16H,8-13H2,1-2H3,(H2,20,21,22);1H. The van der Waals surface area contributed by atoms with E-state index in [1.807, 2.05) is 14.0 Å². The fourth-order valence-electron chi connectivity index (χ4n) is 3.17. The molecule has 0 saturated carbocycles. The Labute approximate surface area is 177 Å². The van der Waals surface area contributed by atoms with Gasteiger partial charge in [-0.15, -0.1) is 35.3 Å². The van der Waals surface area contributed by atoms with Crippen LogP contribution in [0.25, 0.3) is 0 Å². The van der Waals surface area contributed by atoms with Crippen molar-refractivity contribution in [1.29, 1.82) is 0 Å². The number of anilines is 1. The number of guanidine groups is 1. The van der Waals surface area contributed by atoms with Gasteiger partial charge in [-0.3, -0.25) is 4.99 Å². The van der Waals surface area contributed by atoms with Crippen molar-refractivity contribution in [3.63, 3.8) is 0 Å². The van der Waals surface area contributed by atoms with Crippen molar-refractivity contribution >= 4 is 47.0 Å². The molecule has 142 valence electrons. The quantitative estimate of drug-likeness (QED) is 0.375. The number of aliphatic imine (C=N–C) groups is 1. The second-order valence-corrected chi connectivity index (χ2v) is 7.49. The zero-order valence-corrected chi connectivity index (χ0v) is 18.6. The second-order valence-electron chi connectivity index (χ2n) is 6.42. The molecule has 0 amide bonds. The van der Waals surface area contributed by atoms with Crippen molar-refractivity contribution in [2.45, 2.75) is 19.8 Å². The van der Waals surface area contributed by atoms with Gasteiger partial charge >= 0.3 is 0 Å². The van der Waals surface area contributed by atoms with Crippen LogP contribution >= 0.6 is 35.3 Å². The number of para-hydroxylation sites is 1. The van der Waals surface area contributed by atoms with Crippen LogP contribution in [0.3, 0.4) is 0 Å². The van der Waals surface area contributed by atoms with Gasteiger partial charge in [0.1, 0.15) is 0 Å². The van der Waals surface area contributed by atoms with Crippen LogP contribution in [0.2, 0.25) is 0 Å². The van der Waals surface area contributed by atoms with Crippen molar-refractivity contribution in [3.05, 3.63) is 46.4 Å². The summed E-state index contributed by atoms with van der Waals surface area (Å²) < 4.78 is 0. The summed E-state index contributed by atoms with van der Waals surface area (Å²) >= 11 is 1.70. The highest BCUT2D eigenvalue weighted by molar-refractivity contribution is 14.0. The summed E-state index contributed by atoms with van der Waals surface area (Å²) in [5, 5.41) is 10.1. The molecule has 3 rings (SSSR count). The number of nitrogens with zero attached hydrogens (tertiary/aromatic N) is 3. The van der Waals surface area contributed by atoms with Crippen LogP contribution in [0, 0.1) is 12.8 Å². The van der Waals surface area contributed by atoms with Gasteiger partial charge in [-0.2, -0.15) is 0 Å². The van der Waals surface area contributed by atoms with Gasteiger partial charge in [-0.25, -0.2) is 4.98 Å². The van der Waals surface area contributed by atoms with E-state index in [2.05, 4.69) is 61.2 Å². The first-order valence-corrected chi connectivity index (χ1v) is 9.78. The Balaban J connectivity index is 0.00000243. The van der Waals surface area contributed by atoms with Gasteiger partial charge < -0.3 is 15.5 Å². The van der Waals surface area contributed by atoms with Gasteiger partial charge in [-0.1, -0.05) is 18.2 Å². The van der Waals surface area contributed by atoms with E-state index < -0.39 is 0 Å². The van der Waals surface area contributed by atoms with E-state index in [-0.39, 0.29) is 24.0 Å². The molecule has 1 aliphatic heterocycles. The minimum atomic E-state index is 0. The molecular formula is C19H28IN5S. The maximum atomic E-state index is 4.49. The molecule has 5 nitrogen and oxygen atoms in total. The number of nitrogens with one attached hydrogen (secondary N) is 2. The Hall–Kier alpha value is -1.35. The van der Waals surface area contributed by atoms with E-state index in [1.54, 1.807) is 11.3 Å². The van der Waals surface area contributed by atoms with Gasteiger partial charge in [0.15, 0.2) is 5.96 Å². The molecule has 2 heterocycles. The zero-order valence-electron chi connectivity index (χ0n) is 15.4. The lowest BCUT2D eigenvalue weighted by atomic mass is 10.1. The molecule has 2 aromatic rings. The van der Waals surface area contributed by atoms with E-state index in [9.17, 15) is 0 Å².